The molecule has 9 heteroatoms. The minimum atomic E-state index is -1.13. The number of hydrogen-bond acceptors (Lipinski definition) is 5. The van der Waals surface area contributed by atoms with Crippen LogP contribution in [-0.2, 0) is 13.6 Å². The number of hydrogen-bond donors (Lipinski definition) is 2. The molecule has 0 atom stereocenters. The molecule has 0 aliphatic carbocycles. The average Bonchev–Trinajstić information content (AvgIpc) is 2.97. The predicted molar refractivity (Wildman–Crippen MR) is 62.5 cm³/mol. The lowest BCUT2D eigenvalue weighted by Crippen LogP contribution is -2.29. The topological polar surface area (TPSA) is 115 Å². The summed E-state index contributed by atoms with van der Waals surface area (Å²) in [5, 5.41) is 22.3. The molecule has 2 heterocycles. The first kappa shape index (κ1) is 12.7. The van der Waals surface area contributed by atoms with Gasteiger partial charge in [0.05, 0.1) is 12.7 Å². The number of carboxylic acid groups (broad SMARTS) is 1. The molecule has 0 fully saturated rings. The van der Waals surface area contributed by atoms with Gasteiger partial charge in [-0.3, -0.25) is 9.48 Å². The normalized spacial score (nSPS) is 10.4. The average molecular weight is 264 g/mol. The number of rotatable bonds is 5. The Morgan fingerprint density at radius 1 is 1.47 bits per heavy atom. The third-order valence-electron chi connectivity index (χ3n) is 2.44. The van der Waals surface area contributed by atoms with Crippen molar-refractivity contribution in [3.05, 3.63) is 29.8 Å². The lowest BCUT2D eigenvalue weighted by molar-refractivity contribution is 0.0690. The van der Waals surface area contributed by atoms with Crippen LogP contribution in [0.25, 0.3) is 0 Å². The van der Waals surface area contributed by atoms with E-state index in [1.54, 1.807) is 13.1 Å². The van der Waals surface area contributed by atoms with Crippen molar-refractivity contribution in [2.45, 2.75) is 6.54 Å². The molecule has 0 spiro atoms. The van der Waals surface area contributed by atoms with E-state index in [4.69, 9.17) is 5.11 Å². The number of carbonyl (C=O) groups excluding carboxylic acids is 1. The molecule has 0 saturated heterocycles. The molecular formula is C10H12N6O3. The van der Waals surface area contributed by atoms with Gasteiger partial charge < -0.3 is 10.4 Å². The fourth-order valence-electron chi connectivity index (χ4n) is 1.48. The summed E-state index contributed by atoms with van der Waals surface area (Å²) in [4.78, 5) is 22.3. The van der Waals surface area contributed by atoms with E-state index in [1.807, 2.05) is 0 Å². The molecule has 2 aromatic heterocycles. The van der Waals surface area contributed by atoms with Crippen molar-refractivity contribution in [3.8, 4) is 0 Å². The van der Waals surface area contributed by atoms with Gasteiger partial charge in [0.15, 0.2) is 5.69 Å². The number of nitrogens with one attached hydrogen (secondary N) is 1. The van der Waals surface area contributed by atoms with Crippen LogP contribution in [-0.4, -0.2) is 48.3 Å². The zero-order chi connectivity index (χ0) is 13.8. The Morgan fingerprint density at radius 2 is 2.26 bits per heavy atom. The second-order valence-electron chi connectivity index (χ2n) is 3.77. The molecule has 100 valence electrons. The summed E-state index contributed by atoms with van der Waals surface area (Å²) in [6, 6.07) is 1.60. The highest BCUT2D eigenvalue weighted by atomic mass is 16.4. The SMILES string of the molecule is Cn1nccc1C(=O)NCCn1cc(C(=O)O)nn1. The Morgan fingerprint density at radius 3 is 2.84 bits per heavy atom. The first-order valence-corrected chi connectivity index (χ1v) is 5.47. The minimum Gasteiger partial charge on any atom is -0.476 e. The molecule has 0 aliphatic rings. The number of aromatic nitrogens is 5. The molecule has 1 amide bonds. The molecule has 2 N–H and O–H groups in total. The zero-order valence-electron chi connectivity index (χ0n) is 10.1. The lowest BCUT2D eigenvalue weighted by atomic mass is 10.4. The Labute approximate surface area is 107 Å². The number of carboxylic acids is 1. The maximum atomic E-state index is 11.7. The van der Waals surface area contributed by atoms with E-state index in [9.17, 15) is 9.59 Å². The predicted octanol–water partition coefficient (Wildman–Crippen LogP) is -0.860. The van der Waals surface area contributed by atoms with E-state index < -0.39 is 5.97 Å². The van der Waals surface area contributed by atoms with E-state index in [0.29, 0.717) is 18.8 Å². The van der Waals surface area contributed by atoms with Gasteiger partial charge in [0.25, 0.3) is 5.91 Å². The second kappa shape index (κ2) is 5.29. The number of nitrogens with zero attached hydrogens (tertiary/aromatic N) is 5. The van der Waals surface area contributed by atoms with Crippen LogP contribution in [0.2, 0.25) is 0 Å². The number of amides is 1. The summed E-state index contributed by atoms with van der Waals surface area (Å²) < 4.78 is 2.82. The zero-order valence-corrected chi connectivity index (χ0v) is 10.1. The summed E-state index contributed by atoms with van der Waals surface area (Å²) in [5.74, 6) is -1.39. The third-order valence-corrected chi connectivity index (χ3v) is 2.44. The van der Waals surface area contributed by atoms with Crippen LogP contribution in [0.4, 0.5) is 0 Å². The van der Waals surface area contributed by atoms with Crippen LogP contribution < -0.4 is 5.32 Å². The van der Waals surface area contributed by atoms with E-state index >= 15 is 0 Å². The van der Waals surface area contributed by atoms with Crippen molar-refractivity contribution >= 4 is 11.9 Å². The smallest absolute Gasteiger partial charge is 0.358 e. The molecule has 2 rings (SSSR count). The molecule has 19 heavy (non-hydrogen) atoms. The van der Waals surface area contributed by atoms with Crippen molar-refractivity contribution in [1.82, 2.24) is 30.1 Å². The summed E-state index contributed by atoms with van der Waals surface area (Å²) in [6.07, 6.45) is 2.84. The summed E-state index contributed by atoms with van der Waals surface area (Å²) >= 11 is 0. The number of aryl methyl sites for hydroxylation is 1. The van der Waals surface area contributed by atoms with Gasteiger partial charge >= 0.3 is 5.97 Å². The van der Waals surface area contributed by atoms with Crippen molar-refractivity contribution < 1.29 is 14.7 Å². The number of aromatic carboxylic acids is 1. The second-order valence-corrected chi connectivity index (χ2v) is 3.77. The standard InChI is InChI=1S/C10H12N6O3/c1-15-8(2-3-12-15)9(17)11-4-5-16-6-7(10(18)19)13-14-16/h2-3,6H,4-5H2,1H3,(H,11,17)(H,18,19). The third kappa shape index (κ3) is 2.94. The molecule has 0 radical (unpaired) electrons. The summed E-state index contributed by atoms with van der Waals surface area (Å²) in [7, 11) is 1.67. The minimum absolute atomic E-state index is 0.127. The first-order valence-electron chi connectivity index (χ1n) is 5.47. The van der Waals surface area contributed by atoms with Gasteiger partial charge in [0.2, 0.25) is 0 Å². The molecule has 0 aliphatic heterocycles. The van der Waals surface area contributed by atoms with E-state index in [2.05, 4.69) is 20.7 Å². The molecular weight excluding hydrogens is 252 g/mol. The number of carbonyl (C=O) groups is 2. The van der Waals surface area contributed by atoms with Gasteiger partial charge in [-0.25, -0.2) is 9.48 Å². The first-order chi connectivity index (χ1) is 9.08. The fourth-order valence-corrected chi connectivity index (χ4v) is 1.48. The fraction of sp³-hybridized carbons (Fsp3) is 0.300. The maximum Gasteiger partial charge on any atom is 0.358 e. The van der Waals surface area contributed by atoms with Gasteiger partial charge in [-0.1, -0.05) is 5.21 Å². The van der Waals surface area contributed by atoms with Gasteiger partial charge in [-0.2, -0.15) is 5.10 Å². The van der Waals surface area contributed by atoms with Gasteiger partial charge in [0.1, 0.15) is 5.69 Å². The molecule has 0 unspecified atom stereocenters. The van der Waals surface area contributed by atoms with Crippen LogP contribution in [0.15, 0.2) is 18.5 Å². The summed E-state index contributed by atoms with van der Waals surface area (Å²) in [6.45, 7) is 0.649. The maximum absolute atomic E-state index is 11.7. The summed E-state index contributed by atoms with van der Waals surface area (Å²) in [5.41, 5.74) is 0.322. The quantitative estimate of drug-likeness (QED) is 0.726. The highest BCUT2D eigenvalue weighted by Gasteiger charge is 2.10. The Hall–Kier alpha value is -2.71. The van der Waals surface area contributed by atoms with Crippen molar-refractivity contribution in [3.63, 3.8) is 0 Å². The van der Waals surface area contributed by atoms with Crippen LogP contribution in [0.5, 0.6) is 0 Å². The van der Waals surface area contributed by atoms with Crippen LogP contribution in [0, 0.1) is 0 Å². The van der Waals surface area contributed by atoms with Gasteiger partial charge in [-0.05, 0) is 6.07 Å². The molecule has 0 aromatic carbocycles. The van der Waals surface area contributed by atoms with Crippen LogP contribution >= 0.6 is 0 Å². The lowest BCUT2D eigenvalue weighted by Gasteiger charge is -2.04. The monoisotopic (exact) mass is 264 g/mol. The molecule has 0 bridgehead atoms. The molecule has 2 aromatic rings. The van der Waals surface area contributed by atoms with E-state index in [-0.39, 0.29) is 11.6 Å². The van der Waals surface area contributed by atoms with Crippen LogP contribution in [0.3, 0.4) is 0 Å². The Bertz CT molecular complexity index is 602. The Balaban J connectivity index is 1.85. The van der Waals surface area contributed by atoms with Crippen molar-refractivity contribution in [1.29, 1.82) is 0 Å². The van der Waals surface area contributed by atoms with E-state index in [0.717, 1.165) is 0 Å². The molecule has 9 nitrogen and oxygen atoms in total. The highest BCUT2D eigenvalue weighted by molar-refractivity contribution is 5.92. The Kier molecular flexibility index (Phi) is 3.55. The van der Waals surface area contributed by atoms with Gasteiger partial charge in [0, 0.05) is 19.8 Å². The van der Waals surface area contributed by atoms with Crippen molar-refractivity contribution in [2.75, 3.05) is 6.54 Å². The van der Waals surface area contributed by atoms with E-state index in [1.165, 1.54) is 21.8 Å². The van der Waals surface area contributed by atoms with Crippen LogP contribution in [0.1, 0.15) is 21.0 Å². The largest absolute Gasteiger partial charge is 0.476 e. The van der Waals surface area contributed by atoms with Crippen molar-refractivity contribution in [2.24, 2.45) is 7.05 Å². The molecule has 0 saturated carbocycles. The highest BCUT2D eigenvalue weighted by Crippen LogP contribution is 1.96. The van der Waals surface area contributed by atoms with Gasteiger partial charge in [-0.15, -0.1) is 5.10 Å².